The number of aliphatic imine (C=N–C) groups is 1. The SMILES string of the molecule is O=C(N=C1S[C@H]2CS(=O)(=O)C[C@@H]2N1c1ccccc1)C1CCCCC1. The van der Waals surface area contributed by atoms with E-state index >= 15 is 0 Å². The summed E-state index contributed by atoms with van der Waals surface area (Å²) in [7, 11) is -3.02. The van der Waals surface area contributed by atoms with Crippen LogP contribution in [0, 0.1) is 5.92 Å². The number of carbonyl (C=O) groups excluding carboxylic acids is 1. The molecule has 1 saturated carbocycles. The highest BCUT2D eigenvalue weighted by Gasteiger charge is 2.49. The van der Waals surface area contributed by atoms with Gasteiger partial charge in [-0.2, -0.15) is 4.99 Å². The number of hydrogen-bond acceptors (Lipinski definition) is 4. The number of anilines is 1. The van der Waals surface area contributed by atoms with Gasteiger partial charge in [0.15, 0.2) is 15.0 Å². The number of sulfone groups is 1. The van der Waals surface area contributed by atoms with E-state index in [1.165, 1.54) is 18.2 Å². The molecule has 7 heteroatoms. The van der Waals surface area contributed by atoms with E-state index in [2.05, 4.69) is 4.99 Å². The molecule has 2 aliphatic heterocycles. The molecule has 25 heavy (non-hydrogen) atoms. The monoisotopic (exact) mass is 378 g/mol. The first kappa shape index (κ1) is 17.1. The molecule has 0 spiro atoms. The van der Waals surface area contributed by atoms with Crippen molar-refractivity contribution < 1.29 is 13.2 Å². The molecule has 1 aromatic rings. The van der Waals surface area contributed by atoms with Crippen LogP contribution in [0.15, 0.2) is 35.3 Å². The molecule has 1 aliphatic carbocycles. The van der Waals surface area contributed by atoms with Crippen LogP contribution in [0.25, 0.3) is 0 Å². The number of carbonyl (C=O) groups is 1. The van der Waals surface area contributed by atoms with E-state index in [4.69, 9.17) is 0 Å². The molecule has 0 bridgehead atoms. The normalized spacial score (nSPS) is 30.6. The minimum Gasteiger partial charge on any atom is -0.316 e. The fourth-order valence-electron chi connectivity index (χ4n) is 3.99. The van der Waals surface area contributed by atoms with Crippen molar-refractivity contribution in [3.8, 4) is 0 Å². The number of fused-ring (bicyclic) bond motifs is 1. The Morgan fingerprint density at radius 3 is 2.52 bits per heavy atom. The summed E-state index contributed by atoms with van der Waals surface area (Å²) in [6, 6.07) is 9.56. The number of amides is 1. The largest absolute Gasteiger partial charge is 0.316 e. The molecule has 2 saturated heterocycles. The molecule has 134 valence electrons. The molecular weight excluding hydrogens is 356 g/mol. The van der Waals surface area contributed by atoms with Gasteiger partial charge in [0, 0.05) is 16.9 Å². The molecule has 1 amide bonds. The first-order valence-electron chi connectivity index (χ1n) is 8.87. The summed E-state index contributed by atoms with van der Waals surface area (Å²) in [5.41, 5.74) is 0.912. The highest BCUT2D eigenvalue weighted by molar-refractivity contribution is 8.16. The molecular formula is C18H22N2O3S2. The van der Waals surface area contributed by atoms with Crippen LogP contribution in [0.1, 0.15) is 32.1 Å². The third-order valence-corrected chi connectivity index (χ3v) is 8.47. The molecule has 0 unspecified atom stereocenters. The number of thioether (sulfide) groups is 1. The fourth-order valence-corrected chi connectivity index (χ4v) is 7.91. The van der Waals surface area contributed by atoms with Crippen LogP contribution in [0.4, 0.5) is 5.69 Å². The van der Waals surface area contributed by atoms with E-state index in [1.807, 2.05) is 35.2 Å². The minimum absolute atomic E-state index is 0.0312. The maximum atomic E-state index is 12.6. The van der Waals surface area contributed by atoms with Gasteiger partial charge in [0.25, 0.3) is 5.91 Å². The van der Waals surface area contributed by atoms with E-state index < -0.39 is 9.84 Å². The van der Waals surface area contributed by atoms with Crippen LogP contribution in [0.2, 0.25) is 0 Å². The molecule has 2 heterocycles. The number of hydrogen-bond donors (Lipinski definition) is 0. The Bertz CT molecular complexity index is 786. The van der Waals surface area contributed by atoms with Crippen LogP contribution in [0.5, 0.6) is 0 Å². The molecule has 3 aliphatic rings. The van der Waals surface area contributed by atoms with Gasteiger partial charge in [0.05, 0.1) is 17.5 Å². The van der Waals surface area contributed by atoms with Gasteiger partial charge in [-0.05, 0) is 25.0 Å². The van der Waals surface area contributed by atoms with Crippen LogP contribution in [-0.4, -0.2) is 42.3 Å². The van der Waals surface area contributed by atoms with E-state index in [9.17, 15) is 13.2 Å². The van der Waals surface area contributed by atoms with Gasteiger partial charge in [-0.1, -0.05) is 49.2 Å². The Balaban J connectivity index is 1.64. The molecule has 0 N–H and O–H groups in total. The van der Waals surface area contributed by atoms with Crippen molar-refractivity contribution in [2.45, 2.75) is 43.4 Å². The molecule has 3 fully saturated rings. The molecule has 4 rings (SSSR count). The zero-order valence-corrected chi connectivity index (χ0v) is 15.6. The zero-order chi connectivity index (χ0) is 17.4. The predicted octanol–water partition coefficient (Wildman–Crippen LogP) is 2.87. The van der Waals surface area contributed by atoms with E-state index in [0.29, 0.717) is 5.17 Å². The van der Waals surface area contributed by atoms with Crippen molar-refractivity contribution in [2.75, 3.05) is 16.4 Å². The highest BCUT2D eigenvalue weighted by Crippen LogP contribution is 2.41. The van der Waals surface area contributed by atoms with Crippen LogP contribution >= 0.6 is 11.8 Å². The molecule has 2 atom stereocenters. The van der Waals surface area contributed by atoms with Crippen LogP contribution in [0.3, 0.4) is 0 Å². The highest BCUT2D eigenvalue weighted by atomic mass is 32.2. The van der Waals surface area contributed by atoms with Crippen molar-refractivity contribution in [1.82, 2.24) is 0 Å². The maximum Gasteiger partial charge on any atom is 0.251 e. The number of nitrogens with zero attached hydrogens (tertiary/aromatic N) is 2. The fraction of sp³-hybridized carbons (Fsp3) is 0.556. The average molecular weight is 379 g/mol. The predicted molar refractivity (Wildman–Crippen MR) is 102 cm³/mol. The van der Waals surface area contributed by atoms with Gasteiger partial charge in [0.2, 0.25) is 0 Å². The summed E-state index contributed by atoms with van der Waals surface area (Å²) in [6.45, 7) is 0. The maximum absolute atomic E-state index is 12.6. The smallest absolute Gasteiger partial charge is 0.251 e. The molecule has 1 aromatic carbocycles. The first-order chi connectivity index (χ1) is 12.0. The first-order valence-corrected chi connectivity index (χ1v) is 11.6. The lowest BCUT2D eigenvalue weighted by atomic mass is 9.89. The second-order valence-electron chi connectivity index (χ2n) is 7.07. The van der Waals surface area contributed by atoms with Gasteiger partial charge >= 0.3 is 0 Å². The standard InChI is InChI=1S/C18H22N2O3S2/c21-17(13-7-3-1-4-8-13)19-18-20(14-9-5-2-6-10-14)15-11-25(22,23)12-16(15)24-18/h2,5-6,9-10,13,15-16H,1,3-4,7-8,11-12H2/t15-,16-/m0/s1. The summed E-state index contributed by atoms with van der Waals surface area (Å²) in [4.78, 5) is 19.1. The van der Waals surface area contributed by atoms with Crippen molar-refractivity contribution in [3.05, 3.63) is 30.3 Å². The lowest BCUT2D eigenvalue weighted by molar-refractivity contribution is -0.122. The number of benzene rings is 1. The van der Waals surface area contributed by atoms with E-state index in [1.54, 1.807) is 0 Å². The second kappa shape index (κ2) is 6.76. The lowest BCUT2D eigenvalue weighted by Gasteiger charge is -2.25. The third-order valence-electron chi connectivity index (χ3n) is 5.26. The summed E-state index contributed by atoms with van der Waals surface area (Å²) in [6.07, 6.45) is 5.24. The van der Waals surface area contributed by atoms with Gasteiger partial charge in [-0.15, -0.1) is 0 Å². The lowest BCUT2D eigenvalue weighted by Crippen LogP contribution is -2.38. The second-order valence-corrected chi connectivity index (χ2v) is 10.4. The van der Waals surface area contributed by atoms with Crippen molar-refractivity contribution in [2.24, 2.45) is 10.9 Å². The van der Waals surface area contributed by atoms with E-state index in [-0.39, 0.29) is 34.6 Å². The Hall–Kier alpha value is -1.34. The van der Waals surface area contributed by atoms with Crippen molar-refractivity contribution >= 4 is 38.4 Å². The van der Waals surface area contributed by atoms with Gasteiger partial charge in [-0.25, -0.2) is 8.42 Å². The zero-order valence-electron chi connectivity index (χ0n) is 14.0. The molecule has 0 aromatic heterocycles. The summed E-state index contributed by atoms with van der Waals surface area (Å²) in [5, 5.41) is 0.634. The molecule has 0 radical (unpaired) electrons. The number of amidine groups is 1. The summed E-state index contributed by atoms with van der Waals surface area (Å²) in [5.74, 6) is 0.299. The Morgan fingerprint density at radius 1 is 1.08 bits per heavy atom. The average Bonchev–Trinajstić information content (AvgIpc) is 3.07. The topological polar surface area (TPSA) is 66.8 Å². The van der Waals surface area contributed by atoms with Gasteiger partial charge in [-0.3, -0.25) is 4.79 Å². The Morgan fingerprint density at radius 2 is 1.80 bits per heavy atom. The summed E-state index contributed by atoms with van der Waals surface area (Å²) < 4.78 is 24.1. The van der Waals surface area contributed by atoms with Gasteiger partial charge in [0.1, 0.15) is 0 Å². The van der Waals surface area contributed by atoms with E-state index in [0.717, 1.165) is 31.4 Å². The minimum atomic E-state index is -3.02. The summed E-state index contributed by atoms with van der Waals surface area (Å²) >= 11 is 1.45. The Kier molecular flexibility index (Phi) is 4.62. The molecule has 5 nitrogen and oxygen atoms in total. The third kappa shape index (κ3) is 3.49. The van der Waals surface area contributed by atoms with Crippen LogP contribution in [-0.2, 0) is 14.6 Å². The van der Waals surface area contributed by atoms with Crippen LogP contribution < -0.4 is 4.90 Å². The number of rotatable bonds is 2. The van der Waals surface area contributed by atoms with Crippen molar-refractivity contribution in [3.63, 3.8) is 0 Å². The van der Waals surface area contributed by atoms with Gasteiger partial charge < -0.3 is 4.90 Å². The Labute approximate surface area is 152 Å². The van der Waals surface area contributed by atoms with Crippen molar-refractivity contribution in [1.29, 1.82) is 0 Å². The number of para-hydroxylation sites is 1. The quantitative estimate of drug-likeness (QED) is 0.792.